The monoisotopic (exact) mass is 375 g/mol. The van der Waals surface area contributed by atoms with E-state index >= 15 is 0 Å². The van der Waals surface area contributed by atoms with Gasteiger partial charge < -0.3 is 4.98 Å². The van der Waals surface area contributed by atoms with Crippen molar-refractivity contribution in [1.82, 2.24) is 15.0 Å². The van der Waals surface area contributed by atoms with E-state index in [-0.39, 0.29) is 0 Å². The first-order chi connectivity index (χ1) is 10.3. The van der Waals surface area contributed by atoms with Crippen molar-refractivity contribution in [3.05, 3.63) is 52.1 Å². The molecule has 0 saturated carbocycles. The quantitative estimate of drug-likeness (QED) is 0.498. The van der Waals surface area contributed by atoms with Gasteiger partial charge in [-0.15, -0.1) is 11.3 Å². The summed E-state index contributed by atoms with van der Waals surface area (Å²) >= 11 is 6.99. The lowest BCUT2D eigenvalue weighted by molar-refractivity contribution is 1.07. The third kappa shape index (κ3) is 2.47. The van der Waals surface area contributed by atoms with Crippen molar-refractivity contribution in [2.24, 2.45) is 0 Å². The highest BCUT2D eigenvalue weighted by molar-refractivity contribution is 9.10. The first-order valence-corrected chi connectivity index (χ1v) is 9.05. The van der Waals surface area contributed by atoms with Crippen LogP contribution in [0.5, 0.6) is 0 Å². The summed E-state index contributed by atoms with van der Waals surface area (Å²) < 4.78 is 2.38. The Morgan fingerprint density at radius 1 is 1.24 bits per heavy atom. The van der Waals surface area contributed by atoms with Crippen LogP contribution in [0.3, 0.4) is 0 Å². The number of halogens is 1. The summed E-state index contributed by atoms with van der Waals surface area (Å²) in [6.45, 7) is 0. The molecule has 4 rings (SSSR count). The van der Waals surface area contributed by atoms with E-state index in [1.54, 1.807) is 23.1 Å². The molecule has 0 unspecified atom stereocenters. The number of nitrogens with one attached hydrogen (secondary N) is 1. The number of hydrogen-bond acceptors (Lipinski definition) is 4. The molecule has 0 atom stereocenters. The predicted molar refractivity (Wildman–Crippen MR) is 93.0 cm³/mol. The third-order valence-electron chi connectivity index (χ3n) is 3.23. The summed E-state index contributed by atoms with van der Waals surface area (Å²) in [6.07, 6.45) is 1.87. The molecule has 0 amide bonds. The molecular weight excluding hydrogens is 366 g/mol. The molecule has 0 bridgehead atoms. The van der Waals surface area contributed by atoms with Crippen LogP contribution in [-0.4, -0.2) is 15.0 Å². The van der Waals surface area contributed by atoms with Gasteiger partial charge in [0.2, 0.25) is 0 Å². The number of para-hydroxylation sites is 2. The van der Waals surface area contributed by atoms with Gasteiger partial charge in [0.25, 0.3) is 0 Å². The van der Waals surface area contributed by atoms with Gasteiger partial charge in [-0.2, -0.15) is 0 Å². The summed E-state index contributed by atoms with van der Waals surface area (Å²) in [7, 11) is 0. The van der Waals surface area contributed by atoms with Crippen LogP contribution >= 0.6 is 39.0 Å². The van der Waals surface area contributed by atoms with Crippen molar-refractivity contribution in [2.75, 3.05) is 0 Å². The number of fused-ring (bicyclic) bond motifs is 2. The van der Waals surface area contributed by atoms with E-state index in [1.165, 1.54) is 10.1 Å². The zero-order valence-corrected chi connectivity index (χ0v) is 14.1. The molecule has 104 valence electrons. The fourth-order valence-corrected chi connectivity index (χ4v) is 4.81. The van der Waals surface area contributed by atoms with Crippen molar-refractivity contribution >= 4 is 60.1 Å². The second-order valence-corrected chi connectivity index (χ2v) is 7.26. The van der Waals surface area contributed by atoms with Gasteiger partial charge in [0.1, 0.15) is 0 Å². The number of nitrogens with zero attached hydrogens (tertiary/aromatic N) is 2. The van der Waals surface area contributed by atoms with Crippen LogP contribution in [0.1, 0.15) is 5.69 Å². The summed E-state index contributed by atoms with van der Waals surface area (Å²) in [6, 6.07) is 10.1. The summed E-state index contributed by atoms with van der Waals surface area (Å²) in [5.41, 5.74) is 3.18. The molecule has 0 fully saturated rings. The zero-order chi connectivity index (χ0) is 14.2. The zero-order valence-electron chi connectivity index (χ0n) is 10.8. The Morgan fingerprint density at radius 3 is 3.05 bits per heavy atom. The lowest BCUT2D eigenvalue weighted by Gasteiger charge is -2.00. The van der Waals surface area contributed by atoms with Crippen LogP contribution in [0.25, 0.3) is 21.1 Å². The molecule has 0 radical (unpaired) electrons. The number of H-pyrrole nitrogens is 1. The fraction of sp³-hybridized carbons (Fsp3) is 0.0667. The first-order valence-electron chi connectivity index (χ1n) is 6.39. The van der Waals surface area contributed by atoms with Crippen LogP contribution < -0.4 is 0 Å². The van der Waals surface area contributed by atoms with Crippen LogP contribution in [0.15, 0.2) is 51.5 Å². The number of rotatable bonds is 3. The lowest BCUT2D eigenvalue weighted by atomic mass is 10.3. The number of aromatic amines is 1. The van der Waals surface area contributed by atoms with Crippen LogP contribution in [-0.2, 0) is 5.75 Å². The number of thiophene rings is 1. The molecule has 3 heterocycles. The molecule has 0 spiro atoms. The Hall–Kier alpha value is -1.37. The van der Waals surface area contributed by atoms with Gasteiger partial charge in [-0.3, -0.25) is 4.98 Å². The molecule has 1 N–H and O–H groups in total. The van der Waals surface area contributed by atoms with E-state index in [0.717, 1.165) is 32.1 Å². The number of aromatic nitrogens is 3. The van der Waals surface area contributed by atoms with Crippen molar-refractivity contribution in [2.45, 2.75) is 10.9 Å². The molecule has 0 saturated heterocycles. The predicted octanol–water partition coefficient (Wildman–Crippen LogP) is 5.23. The highest BCUT2D eigenvalue weighted by Crippen LogP contribution is 2.34. The standard InChI is InChI=1S/C15H10BrN3S2/c16-10-7-20-14-9(10)5-6-17-13(14)8-21-15-18-11-3-1-2-4-12(11)19-15/h1-7H,8H2,(H,18,19). The number of benzene rings is 1. The molecule has 21 heavy (non-hydrogen) atoms. The van der Waals surface area contributed by atoms with Gasteiger partial charge in [-0.1, -0.05) is 23.9 Å². The maximum Gasteiger partial charge on any atom is 0.166 e. The summed E-state index contributed by atoms with van der Waals surface area (Å²) in [5, 5.41) is 4.28. The first kappa shape index (κ1) is 13.3. The Kier molecular flexibility index (Phi) is 3.45. The third-order valence-corrected chi connectivity index (χ3v) is 6.12. The second kappa shape index (κ2) is 5.44. The fourth-order valence-electron chi connectivity index (χ4n) is 2.22. The minimum atomic E-state index is 0.810. The van der Waals surface area contributed by atoms with Gasteiger partial charge in [0.05, 0.1) is 21.4 Å². The maximum absolute atomic E-state index is 4.59. The summed E-state index contributed by atoms with van der Waals surface area (Å²) in [4.78, 5) is 12.4. The average Bonchev–Trinajstić information content (AvgIpc) is 3.09. The van der Waals surface area contributed by atoms with Crippen LogP contribution in [0, 0.1) is 0 Å². The van der Waals surface area contributed by atoms with Crippen molar-refractivity contribution in [3.63, 3.8) is 0 Å². The van der Waals surface area contributed by atoms with E-state index < -0.39 is 0 Å². The Balaban J connectivity index is 1.63. The van der Waals surface area contributed by atoms with E-state index in [9.17, 15) is 0 Å². The number of thioether (sulfide) groups is 1. The molecular formula is C15H10BrN3S2. The topological polar surface area (TPSA) is 41.6 Å². The number of hydrogen-bond donors (Lipinski definition) is 1. The number of pyridine rings is 1. The number of imidazole rings is 1. The van der Waals surface area contributed by atoms with Gasteiger partial charge in [0, 0.05) is 27.2 Å². The van der Waals surface area contributed by atoms with Crippen LogP contribution in [0.2, 0.25) is 0 Å². The van der Waals surface area contributed by atoms with Crippen molar-refractivity contribution in [3.8, 4) is 0 Å². The second-order valence-electron chi connectivity index (χ2n) is 4.57. The smallest absolute Gasteiger partial charge is 0.166 e. The molecule has 0 aliphatic rings. The lowest BCUT2D eigenvalue weighted by Crippen LogP contribution is -1.87. The Bertz CT molecular complexity index is 896. The highest BCUT2D eigenvalue weighted by Gasteiger charge is 2.09. The Morgan fingerprint density at radius 2 is 2.14 bits per heavy atom. The largest absolute Gasteiger partial charge is 0.333 e. The van der Waals surface area contributed by atoms with Gasteiger partial charge >= 0.3 is 0 Å². The maximum atomic E-state index is 4.59. The van der Waals surface area contributed by atoms with E-state index in [0.29, 0.717) is 0 Å². The van der Waals surface area contributed by atoms with Gasteiger partial charge in [-0.05, 0) is 34.1 Å². The van der Waals surface area contributed by atoms with Gasteiger partial charge in [0.15, 0.2) is 5.16 Å². The molecule has 0 aliphatic carbocycles. The highest BCUT2D eigenvalue weighted by atomic mass is 79.9. The normalized spacial score (nSPS) is 11.5. The molecule has 6 heteroatoms. The van der Waals surface area contributed by atoms with E-state index in [2.05, 4.69) is 36.3 Å². The van der Waals surface area contributed by atoms with Crippen molar-refractivity contribution < 1.29 is 0 Å². The van der Waals surface area contributed by atoms with Crippen molar-refractivity contribution in [1.29, 1.82) is 0 Å². The van der Waals surface area contributed by atoms with E-state index in [1.807, 2.05) is 36.5 Å². The molecule has 3 nitrogen and oxygen atoms in total. The van der Waals surface area contributed by atoms with Gasteiger partial charge in [-0.25, -0.2) is 4.98 Å². The summed E-state index contributed by atoms with van der Waals surface area (Å²) in [5.74, 6) is 0.810. The molecule has 1 aromatic carbocycles. The molecule has 4 aromatic rings. The molecule has 0 aliphatic heterocycles. The average molecular weight is 376 g/mol. The Labute approximate surface area is 137 Å². The molecule has 3 aromatic heterocycles. The minimum Gasteiger partial charge on any atom is -0.333 e. The van der Waals surface area contributed by atoms with E-state index in [4.69, 9.17) is 0 Å². The van der Waals surface area contributed by atoms with Crippen LogP contribution in [0.4, 0.5) is 0 Å². The minimum absolute atomic E-state index is 0.810. The SMILES string of the molecule is Brc1csc2c(CSc3nc4ccccc4[nH]3)nccc12.